The average Bonchev–Trinajstić information content (AvgIpc) is 3.25. The number of thiazole rings is 1. The molecule has 4 rings (SSSR count). The van der Waals surface area contributed by atoms with Gasteiger partial charge in [0.2, 0.25) is 0 Å². The molecule has 5 heteroatoms. The van der Waals surface area contributed by atoms with Gasteiger partial charge in [-0.25, -0.2) is 9.78 Å². The lowest BCUT2D eigenvalue weighted by Gasteiger charge is -2.17. The van der Waals surface area contributed by atoms with Crippen molar-refractivity contribution < 1.29 is 9.90 Å². The zero-order valence-electron chi connectivity index (χ0n) is 16.9. The molecule has 0 bridgehead atoms. The van der Waals surface area contributed by atoms with Gasteiger partial charge in [0, 0.05) is 11.1 Å². The first-order valence-corrected chi connectivity index (χ1v) is 11.2. The lowest BCUT2D eigenvalue weighted by atomic mass is 9.87. The van der Waals surface area contributed by atoms with E-state index in [1.807, 2.05) is 54.0 Å². The number of nitrogens with zero attached hydrogens (tertiary/aromatic N) is 1. The number of aliphatic carboxylic acids is 1. The van der Waals surface area contributed by atoms with Crippen LogP contribution in [-0.4, -0.2) is 16.1 Å². The van der Waals surface area contributed by atoms with Gasteiger partial charge in [-0.3, -0.25) is 0 Å². The van der Waals surface area contributed by atoms with Gasteiger partial charge in [0.25, 0.3) is 0 Å². The van der Waals surface area contributed by atoms with E-state index in [0.717, 1.165) is 56.1 Å². The fraction of sp³-hybridized carbons (Fsp3) is 0.0769. The van der Waals surface area contributed by atoms with Crippen molar-refractivity contribution in [3.8, 4) is 0 Å². The summed E-state index contributed by atoms with van der Waals surface area (Å²) in [4.78, 5) is 15.3. The third kappa shape index (κ3) is 4.61. The van der Waals surface area contributed by atoms with Gasteiger partial charge in [0.1, 0.15) is 0 Å². The van der Waals surface area contributed by atoms with E-state index >= 15 is 0 Å². The highest BCUT2D eigenvalue weighted by molar-refractivity contribution is 7.16. The predicted octanol–water partition coefficient (Wildman–Crippen LogP) is 7.42. The summed E-state index contributed by atoms with van der Waals surface area (Å²) in [5.74, 6) is -0.965. The number of carboxylic acid groups (broad SMARTS) is 1. The highest BCUT2D eigenvalue weighted by Gasteiger charge is 2.16. The van der Waals surface area contributed by atoms with Crippen LogP contribution in [0.5, 0.6) is 0 Å². The maximum absolute atomic E-state index is 10.8. The number of halogens is 1. The Balaban J connectivity index is 1.92. The van der Waals surface area contributed by atoms with E-state index in [9.17, 15) is 4.79 Å². The van der Waals surface area contributed by atoms with E-state index in [1.165, 1.54) is 0 Å². The first-order valence-electron chi connectivity index (χ1n) is 9.90. The van der Waals surface area contributed by atoms with Gasteiger partial charge in [-0.15, -0.1) is 11.3 Å². The molecule has 0 fully saturated rings. The van der Waals surface area contributed by atoms with Gasteiger partial charge in [-0.1, -0.05) is 67.1 Å². The van der Waals surface area contributed by atoms with E-state index in [4.69, 9.17) is 16.7 Å². The Morgan fingerprint density at radius 2 is 1.81 bits per heavy atom. The van der Waals surface area contributed by atoms with Crippen molar-refractivity contribution in [3.63, 3.8) is 0 Å². The van der Waals surface area contributed by atoms with Gasteiger partial charge in [-0.2, -0.15) is 0 Å². The minimum atomic E-state index is -0.965. The molecule has 0 aliphatic heterocycles. The van der Waals surface area contributed by atoms with Crippen LogP contribution in [0.25, 0.3) is 27.4 Å². The third-order valence-electron chi connectivity index (χ3n) is 5.09. The number of carbonyl (C=O) groups is 1. The number of rotatable bonds is 6. The maximum atomic E-state index is 10.8. The van der Waals surface area contributed by atoms with Gasteiger partial charge >= 0.3 is 5.97 Å². The summed E-state index contributed by atoms with van der Waals surface area (Å²) in [5, 5.41) is 9.60. The highest BCUT2D eigenvalue weighted by atomic mass is 35.5. The van der Waals surface area contributed by atoms with Gasteiger partial charge in [0.15, 0.2) is 0 Å². The minimum absolute atomic E-state index is 0.715. The molecule has 154 valence electrons. The topological polar surface area (TPSA) is 50.2 Å². The van der Waals surface area contributed by atoms with E-state index in [1.54, 1.807) is 17.4 Å². The van der Waals surface area contributed by atoms with Crippen molar-refractivity contribution in [2.45, 2.75) is 13.3 Å². The second-order valence-electron chi connectivity index (χ2n) is 7.02. The number of fused-ring (bicyclic) bond motifs is 1. The highest BCUT2D eigenvalue weighted by Crippen LogP contribution is 2.38. The van der Waals surface area contributed by atoms with Crippen LogP contribution in [0.2, 0.25) is 5.02 Å². The predicted molar refractivity (Wildman–Crippen MR) is 130 cm³/mol. The molecule has 0 radical (unpaired) electrons. The first kappa shape index (κ1) is 21.0. The van der Waals surface area contributed by atoms with E-state index in [-0.39, 0.29) is 0 Å². The summed E-state index contributed by atoms with van der Waals surface area (Å²) in [5.41, 5.74) is 9.02. The summed E-state index contributed by atoms with van der Waals surface area (Å²) in [6.07, 6.45) is 3.53. The second-order valence-corrected chi connectivity index (χ2v) is 8.31. The van der Waals surface area contributed by atoms with Crippen molar-refractivity contribution in [1.29, 1.82) is 0 Å². The fourth-order valence-electron chi connectivity index (χ4n) is 3.66. The van der Waals surface area contributed by atoms with E-state index in [2.05, 4.69) is 30.1 Å². The maximum Gasteiger partial charge on any atom is 0.328 e. The minimum Gasteiger partial charge on any atom is -0.478 e. The molecule has 1 aromatic heterocycles. The summed E-state index contributed by atoms with van der Waals surface area (Å²) in [6.45, 7) is 2.13. The molecule has 3 nitrogen and oxygen atoms in total. The number of benzene rings is 3. The molecule has 0 saturated carbocycles. The monoisotopic (exact) mass is 445 g/mol. The Hall–Kier alpha value is -3.21. The molecule has 4 aromatic rings. The first-order chi connectivity index (χ1) is 15.1. The summed E-state index contributed by atoms with van der Waals surface area (Å²) in [6, 6.07) is 22.1. The number of aromatic nitrogens is 1. The average molecular weight is 446 g/mol. The molecular formula is C26H20ClNO2S. The van der Waals surface area contributed by atoms with Crippen LogP contribution in [0.4, 0.5) is 0 Å². The zero-order valence-corrected chi connectivity index (χ0v) is 18.5. The Morgan fingerprint density at radius 3 is 2.52 bits per heavy atom. The summed E-state index contributed by atoms with van der Waals surface area (Å²) < 4.78 is 1.15. The number of allylic oxidation sites excluding steroid dienone is 1. The third-order valence-corrected chi connectivity index (χ3v) is 6.23. The zero-order chi connectivity index (χ0) is 21.8. The van der Waals surface area contributed by atoms with Crippen LogP contribution in [0.3, 0.4) is 0 Å². The van der Waals surface area contributed by atoms with E-state index < -0.39 is 5.97 Å². The van der Waals surface area contributed by atoms with Crippen molar-refractivity contribution in [2.24, 2.45) is 0 Å². The largest absolute Gasteiger partial charge is 0.478 e. The quantitative estimate of drug-likeness (QED) is 0.248. The lowest BCUT2D eigenvalue weighted by Crippen LogP contribution is -1.96. The molecule has 3 aromatic carbocycles. The molecule has 0 amide bonds. The molecule has 0 spiro atoms. The van der Waals surface area contributed by atoms with Crippen LogP contribution in [-0.2, 0) is 4.79 Å². The van der Waals surface area contributed by atoms with Crippen LogP contribution < -0.4 is 0 Å². The van der Waals surface area contributed by atoms with Crippen LogP contribution in [0.15, 0.2) is 78.3 Å². The molecule has 0 aliphatic carbocycles. The Morgan fingerprint density at radius 1 is 1.06 bits per heavy atom. The molecular weight excluding hydrogens is 426 g/mol. The number of hydrogen-bond donors (Lipinski definition) is 1. The molecule has 1 N–H and O–H groups in total. The Kier molecular flexibility index (Phi) is 6.31. The molecule has 0 aliphatic rings. The summed E-state index contributed by atoms with van der Waals surface area (Å²) >= 11 is 8.20. The number of carboxylic acids is 1. The Bertz CT molecular complexity index is 1300. The van der Waals surface area contributed by atoms with Crippen molar-refractivity contribution in [2.75, 3.05) is 0 Å². The normalized spacial score (nSPS) is 12.3. The molecule has 31 heavy (non-hydrogen) atoms. The summed E-state index contributed by atoms with van der Waals surface area (Å²) in [7, 11) is 0. The van der Waals surface area contributed by atoms with Gasteiger partial charge in [-0.05, 0) is 64.1 Å². The molecule has 0 atom stereocenters. The van der Waals surface area contributed by atoms with Crippen molar-refractivity contribution in [3.05, 3.63) is 106 Å². The van der Waals surface area contributed by atoms with Crippen LogP contribution in [0, 0.1) is 0 Å². The Labute approximate surface area is 190 Å². The fourth-order valence-corrected chi connectivity index (χ4v) is 4.57. The molecule has 1 heterocycles. The van der Waals surface area contributed by atoms with Crippen LogP contribution in [0.1, 0.15) is 35.6 Å². The lowest BCUT2D eigenvalue weighted by molar-refractivity contribution is -0.131. The number of hydrogen-bond acceptors (Lipinski definition) is 3. The molecule has 0 unspecified atom stereocenters. The SMILES string of the molecule is CCC(=C(c1ccc(C=CC(=O)O)cc1)c1ccc2scnc2c1)c1ccccc1Cl. The second kappa shape index (κ2) is 9.29. The smallest absolute Gasteiger partial charge is 0.328 e. The van der Waals surface area contributed by atoms with Crippen molar-refractivity contribution >= 4 is 56.3 Å². The van der Waals surface area contributed by atoms with Gasteiger partial charge < -0.3 is 5.11 Å². The standard InChI is InChI=1S/C26H20ClNO2S/c1-2-20(21-5-3-4-6-22(21)27)26(19-12-13-24-23(15-19)28-16-31-24)18-10-7-17(8-11-18)9-14-25(29)30/h3-16H,2H2,1H3,(H,29,30). The van der Waals surface area contributed by atoms with Crippen molar-refractivity contribution in [1.82, 2.24) is 4.98 Å². The van der Waals surface area contributed by atoms with Crippen LogP contribution >= 0.6 is 22.9 Å². The van der Waals surface area contributed by atoms with Gasteiger partial charge in [0.05, 0.1) is 15.7 Å². The molecule has 0 saturated heterocycles. The van der Waals surface area contributed by atoms with E-state index in [0.29, 0.717) is 5.02 Å².